The van der Waals surface area contributed by atoms with Gasteiger partial charge in [0.1, 0.15) is 11.5 Å². The third-order valence-electron chi connectivity index (χ3n) is 7.04. The second kappa shape index (κ2) is 15.5. The van der Waals surface area contributed by atoms with Gasteiger partial charge in [-0.2, -0.15) is 0 Å². The van der Waals surface area contributed by atoms with Gasteiger partial charge in [0.2, 0.25) is 0 Å². The predicted molar refractivity (Wildman–Crippen MR) is 175 cm³/mol. The molecule has 0 fully saturated rings. The number of para-hydroxylation sites is 2. The van der Waals surface area contributed by atoms with Crippen LogP contribution in [0.1, 0.15) is 63.7 Å². The lowest BCUT2D eigenvalue weighted by Gasteiger charge is -2.31. The molecule has 4 rings (SSSR count). The van der Waals surface area contributed by atoms with E-state index in [0.29, 0.717) is 57.5 Å². The Morgan fingerprint density at radius 3 is 1.45 bits per heavy atom. The summed E-state index contributed by atoms with van der Waals surface area (Å²) in [6.07, 6.45) is 1.44. The van der Waals surface area contributed by atoms with Crippen LogP contribution < -0.4 is 30.7 Å². The highest BCUT2D eigenvalue weighted by molar-refractivity contribution is 7.80. The van der Waals surface area contributed by atoms with E-state index in [-0.39, 0.29) is 13.2 Å². The summed E-state index contributed by atoms with van der Waals surface area (Å²) >= 11 is 10.7. The van der Waals surface area contributed by atoms with Gasteiger partial charge in [-0.05, 0) is 77.1 Å². The summed E-state index contributed by atoms with van der Waals surface area (Å²) in [5.74, 6) is 0.479. The van der Waals surface area contributed by atoms with Crippen LogP contribution in [-0.4, -0.2) is 48.6 Å². The Bertz CT molecular complexity index is 1360. The van der Waals surface area contributed by atoms with Gasteiger partial charge in [0, 0.05) is 22.5 Å². The molecule has 2 aliphatic heterocycles. The molecule has 0 spiro atoms. The van der Waals surface area contributed by atoms with Crippen molar-refractivity contribution in [3.63, 3.8) is 0 Å². The molecule has 10 nitrogen and oxygen atoms in total. The van der Waals surface area contributed by atoms with Crippen molar-refractivity contribution < 1.29 is 28.5 Å². The van der Waals surface area contributed by atoms with Crippen molar-refractivity contribution in [1.82, 2.24) is 21.3 Å². The van der Waals surface area contributed by atoms with Crippen molar-refractivity contribution in [1.29, 1.82) is 0 Å². The van der Waals surface area contributed by atoms with Crippen molar-refractivity contribution in [2.24, 2.45) is 0 Å². The average molecular weight is 639 g/mol. The third kappa shape index (κ3) is 7.86. The van der Waals surface area contributed by atoms with E-state index in [1.54, 1.807) is 27.7 Å². The van der Waals surface area contributed by atoms with E-state index < -0.39 is 24.0 Å². The second-order valence-electron chi connectivity index (χ2n) is 10.1. The van der Waals surface area contributed by atoms with Crippen LogP contribution in [0.5, 0.6) is 11.5 Å². The molecule has 4 N–H and O–H groups in total. The molecule has 2 atom stereocenters. The molecule has 0 saturated carbocycles. The van der Waals surface area contributed by atoms with Crippen LogP contribution in [0, 0.1) is 0 Å². The Morgan fingerprint density at radius 2 is 1.07 bits per heavy atom. The van der Waals surface area contributed by atoms with Crippen LogP contribution in [-0.2, 0) is 19.1 Å². The Labute approximate surface area is 268 Å². The summed E-state index contributed by atoms with van der Waals surface area (Å²) in [6.45, 7) is 8.56. The fourth-order valence-electron chi connectivity index (χ4n) is 5.08. The Hall–Kier alpha value is -4.16. The number of rotatable bonds is 13. The first-order chi connectivity index (χ1) is 21.2. The van der Waals surface area contributed by atoms with E-state index in [9.17, 15) is 9.59 Å². The summed E-state index contributed by atoms with van der Waals surface area (Å²) in [6, 6.07) is 14.1. The minimum Gasteiger partial charge on any atom is -0.493 e. The van der Waals surface area contributed by atoms with Crippen LogP contribution in [0.15, 0.2) is 71.1 Å². The van der Waals surface area contributed by atoms with Crippen LogP contribution in [0.2, 0.25) is 0 Å². The first-order valence-corrected chi connectivity index (χ1v) is 15.4. The van der Waals surface area contributed by atoms with Crippen molar-refractivity contribution in [2.75, 3.05) is 26.4 Å². The van der Waals surface area contributed by atoms with Crippen LogP contribution >= 0.6 is 24.4 Å². The van der Waals surface area contributed by atoms with Crippen LogP contribution in [0.4, 0.5) is 0 Å². The SMILES string of the molecule is CCOC(=O)C1=C(C)NC(=S)NC1c1ccccc1OCCCCOc1ccccc1C1NC(=S)NC(C)=C1C(=O)OCC. The molecule has 2 aromatic rings. The number of allylic oxidation sites excluding steroid dienone is 2. The lowest BCUT2D eigenvalue weighted by atomic mass is 9.95. The molecule has 0 aromatic heterocycles. The van der Waals surface area contributed by atoms with Crippen LogP contribution in [0.3, 0.4) is 0 Å². The maximum Gasteiger partial charge on any atom is 0.338 e. The largest absolute Gasteiger partial charge is 0.493 e. The molecule has 12 heteroatoms. The number of thiocarbonyl (C=S) groups is 2. The van der Waals surface area contributed by atoms with Gasteiger partial charge in [0.25, 0.3) is 0 Å². The minimum atomic E-state index is -0.507. The average Bonchev–Trinajstić information content (AvgIpc) is 2.98. The van der Waals surface area contributed by atoms with Gasteiger partial charge < -0.3 is 40.2 Å². The van der Waals surface area contributed by atoms with E-state index in [4.69, 9.17) is 43.4 Å². The minimum absolute atomic E-state index is 0.266. The van der Waals surface area contributed by atoms with Gasteiger partial charge in [-0.15, -0.1) is 0 Å². The van der Waals surface area contributed by atoms with E-state index in [2.05, 4.69) is 21.3 Å². The zero-order valence-corrected chi connectivity index (χ0v) is 26.9. The monoisotopic (exact) mass is 638 g/mol. The number of carbonyl (C=O) groups is 2. The molecular weight excluding hydrogens is 601 g/mol. The molecular formula is C32H38N4O6S2. The molecule has 0 saturated heterocycles. The normalized spacial score (nSPS) is 18.0. The van der Waals surface area contributed by atoms with E-state index in [1.165, 1.54) is 0 Å². The fourth-order valence-corrected chi connectivity index (χ4v) is 5.62. The summed E-state index contributed by atoms with van der Waals surface area (Å²) in [5.41, 5.74) is 3.79. The smallest absolute Gasteiger partial charge is 0.338 e. The topological polar surface area (TPSA) is 119 Å². The number of unbranched alkanes of at least 4 members (excludes halogenated alkanes) is 1. The molecule has 0 bridgehead atoms. The Kier molecular flexibility index (Phi) is 11.6. The van der Waals surface area contributed by atoms with Crippen LogP contribution in [0.25, 0.3) is 0 Å². The number of nitrogens with one attached hydrogen (secondary N) is 4. The van der Waals surface area contributed by atoms with Gasteiger partial charge in [-0.3, -0.25) is 0 Å². The third-order valence-corrected chi connectivity index (χ3v) is 7.48. The number of hydrogen-bond donors (Lipinski definition) is 4. The number of hydrogen-bond acceptors (Lipinski definition) is 8. The molecule has 234 valence electrons. The van der Waals surface area contributed by atoms with Gasteiger partial charge >= 0.3 is 11.9 Å². The van der Waals surface area contributed by atoms with E-state index in [1.807, 2.05) is 48.5 Å². The molecule has 0 aliphatic carbocycles. The van der Waals surface area contributed by atoms with E-state index >= 15 is 0 Å². The summed E-state index contributed by atoms with van der Waals surface area (Å²) in [7, 11) is 0. The van der Waals surface area contributed by atoms with Crippen molar-refractivity contribution in [3.8, 4) is 11.5 Å². The number of ether oxygens (including phenoxy) is 4. The first-order valence-electron chi connectivity index (χ1n) is 14.6. The predicted octanol–water partition coefficient (Wildman–Crippen LogP) is 4.64. The molecule has 2 aromatic carbocycles. The standard InChI is InChI=1S/C32H38N4O6S2/c1-5-39-29(37)25-19(3)33-31(43)35-27(25)21-13-7-9-15-23(21)41-17-11-12-18-42-24-16-10-8-14-22(24)28-26(30(38)40-6-2)20(4)34-32(44)36-28/h7-10,13-16,27-28H,5-6,11-12,17-18H2,1-4H3,(H2,33,35,43)(H2,34,36,44). The maximum absolute atomic E-state index is 12.8. The summed E-state index contributed by atoms with van der Waals surface area (Å²) in [5, 5.41) is 13.3. The Morgan fingerprint density at radius 1 is 0.682 bits per heavy atom. The highest BCUT2D eigenvalue weighted by Gasteiger charge is 2.34. The number of esters is 2. The number of carbonyl (C=O) groups excluding carboxylic acids is 2. The highest BCUT2D eigenvalue weighted by atomic mass is 32.1. The van der Waals surface area contributed by atoms with Gasteiger partial charge in [0.05, 0.1) is 49.7 Å². The fraction of sp³-hybridized carbons (Fsp3) is 0.375. The highest BCUT2D eigenvalue weighted by Crippen LogP contribution is 2.35. The molecule has 0 amide bonds. The Balaban J connectivity index is 1.39. The van der Waals surface area contributed by atoms with Crippen molar-refractivity contribution in [2.45, 2.75) is 52.6 Å². The number of benzene rings is 2. The maximum atomic E-state index is 12.8. The molecule has 2 unspecified atom stereocenters. The zero-order chi connectivity index (χ0) is 31.6. The first kappa shape index (κ1) is 32.7. The van der Waals surface area contributed by atoms with Crippen molar-refractivity contribution >= 4 is 46.6 Å². The lowest BCUT2D eigenvalue weighted by molar-refractivity contribution is -0.140. The second-order valence-corrected chi connectivity index (χ2v) is 10.9. The zero-order valence-electron chi connectivity index (χ0n) is 25.3. The van der Waals surface area contributed by atoms with E-state index in [0.717, 1.165) is 24.0 Å². The quantitative estimate of drug-likeness (QED) is 0.139. The van der Waals surface area contributed by atoms with Gasteiger partial charge in [0.15, 0.2) is 10.2 Å². The molecule has 44 heavy (non-hydrogen) atoms. The molecule has 2 aliphatic rings. The summed E-state index contributed by atoms with van der Waals surface area (Å²) in [4.78, 5) is 25.6. The van der Waals surface area contributed by atoms with Gasteiger partial charge in [-0.1, -0.05) is 36.4 Å². The lowest BCUT2D eigenvalue weighted by Crippen LogP contribution is -2.45. The van der Waals surface area contributed by atoms with Gasteiger partial charge in [-0.25, -0.2) is 9.59 Å². The molecule has 2 heterocycles. The molecule has 0 radical (unpaired) electrons. The summed E-state index contributed by atoms with van der Waals surface area (Å²) < 4.78 is 23.0. The van der Waals surface area contributed by atoms with Crippen molar-refractivity contribution in [3.05, 3.63) is 82.2 Å².